The summed E-state index contributed by atoms with van der Waals surface area (Å²) in [5.74, 6) is 0. The third-order valence-electron chi connectivity index (χ3n) is 4.77. The Labute approximate surface area is 153 Å². The van der Waals surface area contributed by atoms with Crippen LogP contribution >= 0.6 is 0 Å². The Morgan fingerprint density at radius 2 is 1.85 bits per heavy atom. The van der Waals surface area contributed by atoms with Gasteiger partial charge in [0, 0.05) is 35.8 Å². The van der Waals surface area contributed by atoms with Gasteiger partial charge in [0.1, 0.15) is 5.58 Å². The van der Waals surface area contributed by atoms with E-state index >= 15 is 0 Å². The normalized spacial score (nSPS) is 11.3. The highest BCUT2D eigenvalue weighted by molar-refractivity contribution is 6.00. The molecule has 3 aromatic heterocycles. The smallest absolute Gasteiger partial charge is 0.337 e. The van der Waals surface area contributed by atoms with Crippen molar-refractivity contribution >= 4 is 22.2 Å². The van der Waals surface area contributed by atoms with Gasteiger partial charge in [-0.05, 0) is 38.3 Å². The van der Waals surface area contributed by atoms with Crippen molar-refractivity contribution in [3.8, 4) is 0 Å². The van der Waals surface area contributed by atoms with E-state index in [1.54, 1.807) is 12.4 Å². The van der Waals surface area contributed by atoms with Crippen molar-refractivity contribution in [3.05, 3.63) is 74.5 Å². The molecule has 4 rings (SSSR count). The summed E-state index contributed by atoms with van der Waals surface area (Å²) in [5, 5.41) is 0.796. The van der Waals surface area contributed by atoms with Crippen LogP contribution in [0.3, 0.4) is 0 Å². The lowest BCUT2D eigenvalue weighted by atomic mass is 10.0. The number of imidazole rings is 1. The minimum Gasteiger partial charge on any atom is -0.423 e. The van der Waals surface area contributed by atoms with Crippen molar-refractivity contribution in [2.24, 2.45) is 7.05 Å². The highest BCUT2D eigenvalue weighted by Gasteiger charge is 2.16. The van der Waals surface area contributed by atoms with Gasteiger partial charge in [0.2, 0.25) is 5.71 Å². The van der Waals surface area contributed by atoms with Crippen LogP contribution < -0.4 is 11.3 Å². The zero-order chi connectivity index (χ0) is 19.0. The second-order valence-electron chi connectivity index (χ2n) is 6.50. The van der Waals surface area contributed by atoms with Gasteiger partial charge < -0.3 is 18.4 Å². The zero-order valence-electron chi connectivity index (χ0n) is 15.1. The number of H-pyrrole nitrogens is 1. The summed E-state index contributed by atoms with van der Waals surface area (Å²) in [4.78, 5) is 31.5. The summed E-state index contributed by atoms with van der Waals surface area (Å²) in [7, 11) is 1.83. The lowest BCUT2D eigenvalue weighted by molar-refractivity contribution is 0.529. The molecule has 0 amide bonds. The van der Waals surface area contributed by atoms with Crippen LogP contribution in [0.2, 0.25) is 0 Å². The second-order valence-corrected chi connectivity index (χ2v) is 6.50. The van der Waals surface area contributed by atoms with Crippen LogP contribution in [0.1, 0.15) is 23.4 Å². The molecular weight excluding hydrogens is 346 g/mol. The molecule has 0 saturated carbocycles. The van der Waals surface area contributed by atoms with Gasteiger partial charge in [0.15, 0.2) is 0 Å². The average Bonchev–Trinajstić information content (AvgIpc) is 3.16. The number of hydrogen-bond donors (Lipinski definition) is 1. The van der Waals surface area contributed by atoms with Crippen molar-refractivity contribution in [2.75, 3.05) is 0 Å². The number of aromatic amines is 1. The molecule has 3 heterocycles. The lowest BCUT2D eigenvalue weighted by Crippen LogP contribution is -2.00. The number of nitrogens with zero attached hydrogens (tertiary/aromatic N) is 2. The first-order chi connectivity index (χ1) is 13.0. The van der Waals surface area contributed by atoms with Crippen LogP contribution in [0.25, 0.3) is 22.2 Å². The fourth-order valence-electron chi connectivity index (χ4n) is 3.45. The molecule has 0 spiro atoms. The SMILES string of the molecule is Cc1[nH]cnc1CCCc1c2c3cccc2n(C)c1oc(=O)ccc(=O)o3. The Morgan fingerprint density at radius 1 is 1.07 bits per heavy atom. The minimum atomic E-state index is -0.607. The molecule has 0 unspecified atom stereocenters. The van der Waals surface area contributed by atoms with Gasteiger partial charge in [-0.15, -0.1) is 0 Å². The molecule has 7 heteroatoms. The highest BCUT2D eigenvalue weighted by Crippen LogP contribution is 2.30. The maximum Gasteiger partial charge on any atom is 0.337 e. The van der Waals surface area contributed by atoms with Gasteiger partial charge in [-0.25, -0.2) is 14.6 Å². The highest BCUT2D eigenvalue weighted by atomic mass is 16.4. The van der Waals surface area contributed by atoms with Gasteiger partial charge in [-0.1, -0.05) is 6.07 Å². The number of nitrogens with one attached hydrogen (secondary N) is 1. The van der Waals surface area contributed by atoms with Crippen LogP contribution in [0.4, 0.5) is 0 Å². The molecule has 0 fully saturated rings. The summed E-state index contributed by atoms with van der Waals surface area (Å²) in [5.41, 5.74) is 3.49. The molecule has 27 heavy (non-hydrogen) atoms. The quantitative estimate of drug-likeness (QED) is 0.600. The van der Waals surface area contributed by atoms with Gasteiger partial charge >= 0.3 is 11.3 Å². The van der Waals surface area contributed by atoms with Crippen molar-refractivity contribution in [1.82, 2.24) is 14.5 Å². The van der Waals surface area contributed by atoms with E-state index in [1.165, 1.54) is 0 Å². The fourth-order valence-corrected chi connectivity index (χ4v) is 3.45. The Morgan fingerprint density at radius 3 is 2.59 bits per heavy atom. The van der Waals surface area contributed by atoms with Crippen molar-refractivity contribution < 1.29 is 8.83 Å². The Kier molecular flexibility index (Phi) is 4.27. The first-order valence-corrected chi connectivity index (χ1v) is 8.75. The number of benzene rings is 1. The van der Waals surface area contributed by atoms with Crippen molar-refractivity contribution in [3.63, 3.8) is 0 Å². The van der Waals surface area contributed by atoms with Crippen molar-refractivity contribution in [1.29, 1.82) is 0 Å². The van der Waals surface area contributed by atoms with E-state index in [2.05, 4.69) is 9.97 Å². The van der Waals surface area contributed by atoms with Gasteiger partial charge in [0.05, 0.1) is 17.5 Å². The molecule has 7 nitrogen and oxygen atoms in total. The monoisotopic (exact) mass is 365 g/mol. The zero-order valence-corrected chi connectivity index (χ0v) is 15.1. The summed E-state index contributed by atoms with van der Waals surface area (Å²) in [6.07, 6.45) is 3.95. The van der Waals surface area contributed by atoms with Gasteiger partial charge in [0.25, 0.3) is 0 Å². The van der Waals surface area contributed by atoms with E-state index < -0.39 is 11.3 Å². The van der Waals surface area contributed by atoms with Crippen LogP contribution in [0.5, 0.6) is 0 Å². The summed E-state index contributed by atoms with van der Waals surface area (Å²) < 4.78 is 12.8. The number of aryl methyl sites for hydroxylation is 4. The van der Waals surface area contributed by atoms with Crippen LogP contribution in [0, 0.1) is 6.92 Å². The van der Waals surface area contributed by atoms with E-state index in [0.717, 1.165) is 52.8 Å². The number of hydrogen-bond acceptors (Lipinski definition) is 5. The molecule has 0 radical (unpaired) electrons. The third kappa shape index (κ3) is 3.12. The molecule has 1 aromatic carbocycles. The first-order valence-electron chi connectivity index (χ1n) is 8.75. The topological polar surface area (TPSA) is 94.0 Å². The second kappa shape index (κ2) is 6.75. The van der Waals surface area contributed by atoms with E-state index in [9.17, 15) is 9.59 Å². The minimum absolute atomic E-state index is 0.466. The summed E-state index contributed by atoms with van der Waals surface area (Å²) in [6, 6.07) is 7.64. The first kappa shape index (κ1) is 17.1. The molecule has 1 N–H and O–H groups in total. The van der Waals surface area contributed by atoms with Crippen LogP contribution in [0.15, 0.2) is 55.1 Å². The third-order valence-corrected chi connectivity index (χ3v) is 4.77. The molecule has 0 aliphatic heterocycles. The van der Waals surface area contributed by atoms with Crippen LogP contribution in [-0.4, -0.2) is 14.5 Å². The predicted octanol–water partition coefficient (Wildman–Crippen LogP) is 3.01. The lowest BCUT2D eigenvalue weighted by Gasteiger charge is -2.01. The van der Waals surface area contributed by atoms with Gasteiger partial charge in [-0.2, -0.15) is 0 Å². The molecule has 0 saturated heterocycles. The number of rotatable bonds is 4. The Hall–Kier alpha value is -3.35. The van der Waals surface area contributed by atoms with Gasteiger partial charge in [-0.3, -0.25) is 0 Å². The predicted molar refractivity (Wildman–Crippen MR) is 102 cm³/mol. The molecule has 0 atom stereocenters. The van der Waals surface area contributed by atoms with E-state index in [0.29, 0.717) is 17.7 Å². The average molecular weight is 365 g/mol. The standard InChI is InChI=1S/C20H19N3O4/c1-12-14(22-11-21-12)6-3-5-13-19-15-7-4-8-16(19)26-17(24)9-10-18(25)27-20(13)23(15)2/h4,7-11H,3,5-6H2,1-2H3,(H,21,22). The fraction of sp³-hybridized carbons (Fsp3) is 0.250. The van der Waals surface area contributed by atoms with Crippen molar-refractivity contribution in [2.45, 2.75) is 26.2 Å². The van der Waals surface area contributed by atoms with E-state index in [-0.39, 0.29) is 0 Å². The molecule has 2 bridgehead atoms. The maximum atomic E-state index is 12.1. The molecule has 0 aliphatic rings. The molecular formula is C20H19N3O4. The largest absolute Gasteiger partial charge is 0.423 e. The Bertz CT molecular complexity index is 1270. The number of fused-ring (bicyclic) bond motifs is 1. The summed E-state index contributed by atoms with van der Waals surface area (Å²) >= 11 is 0. The van der Waals surface area contributed by atoms with E-state index in [1.807, 2.05) is 30.7 Å². The maximum absolute atomic E-state index is 12.1. The Balaban J connectivity index is 1.91. The summed E-state index contributed by atoms with van der Waals surface area (Å²) in [6.45, 7) is 1.99. The molecule has 4 aromatic rings. The molecule has 0 aliphatic carbocycles. The molecule has 138 valence electrons. The van der Waals surface area contributed by atoms with Crippen LogP contribution in [-0.2, 0) is 19.9 Å². The number of aromatic nitrogens is 3. The van der Waals surface area contributed by atoms with E-state index in [4.69, 9.17) is 8.83 Å².